The molecule has 0 bridgehead atoms. The number of benzene rings is 1. The highest BCUT2D eigenvalue weighted by molar-refractivity contribution is 6.30. The first-order valence-corrected chi connectivity index (χ1v) is 8.08. The Morgan fingerprint density at radius 3 is 2.30 bits per heavy atom. The molecule has 1 unspecified atom stereocenters. The predicted octanol–water partition coefficient (Wildman–Crippen LogP) is 4.05. The maximum absolute atomic E-state index is 6.07. The minimum atomic E-state index is 0.301. The molecule has 2 fully saturated rings. The summed E-state index contributed by atoms with van der Waals surface area (Å²) in [6, 6.07) is 4.09. The van der Waals surface area contributed by atoms with Crippen molar-refractivity contribution in [1.82, 2.24) is 5.32 Å². The summed E-state index contributed by atoms with van der Waals surface area (Å²) < 4.78 is 6.00. The Labute approximate surface area is 127 Å². The molecule has 1 N–H and O–H groups in total. The van der Waals surface area contributed by atoms with Gasteiger partial charge in [-0.25, -0.2) is 0 Å². The highest BCUT2D eigenvalue weighted by atomic mass is 35.5. The first kappa shape index (κ1) is 15.8. The SMILES string of the molecule is CC.Cc1cc(Cl)cc(C)c1CC1CNC2(CC2)CO1. The third-order valence-corrected chi connectivity index (χ3v) is 4.46. The number of halogens is 1. The summed E-state index contributed by atoms with van der Waals surface area (Å²) in [4.78, 5) is 0. The normalized spacial score (nSPS) is 23.1. The van der Waals surface area contributed by atoms with Crippen LogP contribution in [0.4, 0.5) is 0 Å². The van der Waals surface area contributed by atoms with Gasteiger partial charge in [0.25, 0.3) is 0 Å². The quantitative estimate of drug-likeness (QED) is 0.889. The molecule has 1 aromatic carbocycles. The van der Waals surface area contributed by atoms with Gasteiger partial charge in [0.15, 0.2) is 0 Å². The molecule has 3 rings (SSSR count). The van der Waals surface area contributed by atoms with Crippen LogP contribution in [0, 0.1) is 13.8 Å². The molecule has 0 aromatic heterocycles. The Morgan fingerprint density at radius 2 is 1.85 bits per heavy atom. The number of hydrogen-bond acceptors (Lipinski definition) is 2. The van der Waals surface area contributed by atoms with Crippen molar-refractivity contribution in [3.63, 3.8) is 0 Å². The summed E-state index contributed by atoms with van der Waals surface area (Å²) >= 11 is 6.07. The van der Waals surface area contributed by atoms with Gasteiger partial charge in [0, 0.05) is 23.5 Å². The second kappa shape index (κ2) is 6.46. The van der Waals surface area contributed by atoms with Crippen molar-refractivity contribution in [3.05, 3.63) is 33.8 Å². The van der Waals surface area contributed by atoms with Gasteiger partial charge >= 0.3 is 0 Å². The van der Waals surface area contributed by atoms with Gasteiger partial charge < -0.3 is 10.1 Å². The van der Waals surface area contributed by atoms with E-state index in [-0.39, 0.29) is 0 Å². The molecular weight excluding hydrogens is 270 g/mol. The summed E-state index contributed by atoms with van der Waals surface area (Å²) in [5.74, 6) is 0. The molecule has 1 aliphatic heterocycles. The zero-order chi connectivity index (χ0) is 14.8. The Kier molecular flexibility index (Phi) is 5.11. The van der Waals surface area contributed by atoms with E-state index >= 15 is 0 Å². The molecule has 1 saturated carbocycles. The van der Waals surface area contributed by atoms with Crippen LogP contribution < -0.4 is 5.32 Å². The Hall–Kier alpha value is -0.570. The van der Waals surface area contributed by atoms with Crippen molar-refractivity contribution in [1.29, 1.82) is 0 Å². The zero-order valence-electron chi connectivity index (χ0n) is 13.1. The summed E-state index contributed by atoms with van der Waals surface area (Å²) in [5.41, 5.74) is 4.28. The van der Waals surface area contributed by atoms with E-state index in [2.05, 4.69) is 19.2 Å². The van der Waals surface area contributed by atoms with Gasteiger partial charge in [-0.3, -0.25) is 0 Å². The van der Waals surface area contributed by atoms with Crippen molar-refractivity contribution >= 4 is 11.6 Å². The molecule has 1 aromatic rings. The molecule has 2 aliphatic rings. The highest BCUT2D eigenvalue weighted by Gasteiger charge is 2.45. The van der Waals surface area contributed by atoms with Gasteiger partial charge in [-0.1, -0.05) is 25.4 Å². The van der Waals surface area contributed by atoms with Crippen molar-refractivity contribution in [3.8, 4) is 0 Å². The van der Waals surface area contributed by atoms with Gasteiger partial charge in [0.1, 0.15) is 0 Å². The van der Waals surface area contributed by atoms with E-state index in [1.54, 1.807) is 0 Å². The molecule has 3 heteroatoms. The topological polar surface area (TPSA) is 21.3 Å². The number of aryl methyl sites for hydroxylation is 2. The van der Waals surface area contributed by atoms with Crippen LogP contribution in [-0.4, -0.2) is 24.8 Å². The third-order valence-electron chi connectivity index (χ3n) is 4.25. The van der Waals surface area contributed by atoms with Crippen LogP contribution in [0.25, 0.3) is 0 Å². The van der Waals surface area contributed by atoms with Gasteiger partial charge in [-0.05, 0) is 55.5 Å². The van der Waals surface area contributed by atoms with E-state index in [0.29, 0.717) is 11.6 Å². The Balaban J connectivity index is 0.000000704. The van der Waals surface area contributed by atoms with Crippen LogP contribution in [0.1, 0.15) is 43.4 Å². The average molecular weight is 296 g/mol. The number of ether oxygens (including phenoxy) is 1. The summed E-state index contributed by atoms with van der Waals surface area (Å²) in [7, 11) is 0. The lowest BCUT2D eigenvalue weighted by atomic mass is 9.96. The predicted molar refractivity (Wildman–Crippen MR) is 85.7 cm³/mol. The fraction of sp³-hybridized carbons (Fsp3) is 0.647. The largest absolute Gasteiger partial charge is 0.375 e. The molecule has 1 saturated heterocycles. The van der Waals surface area contributed by atoms with E-state index in [0.717, 1.165) is 24.6 Å². The number of hydrogen-bond donors (Lipinski definition) is 1. The first-order chi connectivity index (χ1) is 9.58. The minimum absolute atomic E-state index is 0.301. The molecule has 2 nitrogen and oxygen atoms in total. The summed E-state index contributed by atoms with van der Waals surface area (Å²) in [6.45, 7) is 10.1. The maximum atomic E-state index is 6.07. The van der Waals surface area contributed by atoms with Crippen LogP contribution in [0.2, 0.25) is 5.02 Å². The van der Waals surface area contributed by atoms with Crippen molar-refractivity contribution in [2.45, 2.75) is 58.6 Å². The van der Waals surface area contributed by atoms with Crippen molar-refractivity contribution in [2.75, 3.05) is 13.2 Å². The van der Waals surface area contributed by atoms with Crippen LogP contribution in [0.3, 0.4) is 0 Å². The van der Waals surface area contributed by atoms with Crippen LogP contribution >= 0.6 is 11.6 Å². The van der Waals surface area contributed by atoms with Gasteiger partial charge in [-0.15, -0.1) is 0 Å². The van der Waals surface area contributed by atoms with Crippen LogP contribution in [-0.2, 0) is 11.2 Å². The van der Waals surface area contributed by atoms with Gasteiger partial charge in [-0.2, -0.15) is 0 Å². The molecular formula is C17H26ClNO. The fourth-order valence-electron chi connectivity index (χ4n) is 2.81. The Bertz CT molecular complexity index is 435. The summed E-state index contributed by atoms with van der Waals surface area (Å²) in [5, 5.41) is 4.47. The lowest BCUT2D eigenvalue weighted by molar-refractivity contribution is -0.00245. The second-order valence-corrected chi connectivity index (χ2v) is 6.25. The number of morpholine rings is 1. The van der Waals surface area contributed by atoms with Gasteiger partial charge in [0.05, 0.1) is 12.7 Å². The average Bonchev–Trinajstić information content (AvgIpc) is 3.18. The number of nitrogens with one attached hydrogen (secondary N) is 1. The molecule has 1 heterocycles. The van der Waals surface area contributed by atoms with Crippen LogP contribution in [0.15, 0.2) is 12.1 Å². The van der Waals surface area contributed by atoms with E-state index in [1.807, 2.05) is 26.0 Å². The standard InChI is InChI=1S/C15H20ClNO.C2H6/c1-10-5-12(16)6-11(2)14(10)7-13-8-17-15(3-4-15)9-18-13;1-2/h5-6,13,17H,3-4,7-9H2,1-2H3;1-2H3. The minimum Gasteiger partial charge on any atom is -0.375 e. The number of rotatable bonds is 2. The van der Waals surface area contributed by atoms with Crippen molar-refractivity contribution in [2.24, 2.45) is 0 Å². The van der Waals surface area contributed by atoms with E-state index in [4.69, 9.17) is 16.3 Å². The lowest BCUT2D eigenvalue weighted by Crippen LogP contribution is -2.48. The fourth-order valence-corrected chi connectivity index (χ4v) is 3.14. The molecule has 1 atom stereocenters. The second-order valence-electron chi connectivity index (χ2n) is 5.82. The molecule has 0 radical (unpaired) electrons. The molecule has 0 amide bonds. The highest BCUT2D eigenvalue weighted by Crippen LogP contribution is 2.38. The Morgan fingerprint density at radius 1 is 1.25 bits per heavy atom. The summed E-state index contributed by atoms with van der Waals surface area (Å²) in [6.07, 6.45) is 3.84. The van der Waals surface area contributed by atoms with E-state index in [9.17, 15) is 0 Å². The first-order valence-electron chi connectivity index (χ1n) is 7.70. The van der Waals surface area contributed by atoms with Gasteiger partial charge in [0.2, 0.25) is 0 Å². The lowest BCUT2D eigenvalue weighted by Gasteiger charge is -2.31. The van der Waals surface area contributed by atoms with E-state index in [1.165, 1.54) is 29.5 Å². The van der Waals surface area contributed by atoms with Crippen LogP contribution in [0.5, 0.6) is 0 Å². The third kappa shape index (κ3) is 3.55. The molecule has 112 valence electrons. The van der Waals surface area contributed by atoms with Crippen molar-refractivity contribution < 1.29 is 4.74 Å². The monoisotopic (exact) mass is 295 g/mol. The zero-order valence-corrected chi connectivity index (χ0v) is 13.8. The molecule has 1 spiro atoms. The van der Waals surface area contributed by atoms with E-state index < -0.39 is 0 Å². The smallest absolute Gasteiger partial charge is 0.0741 e. The molecule has 20 heavy (non-hydrogen) atoms. The maximum Gasteiger partial charge on any atom is 0.0741 e. The molecule has 1 aliphatic carbocycles.